The summed E-state index contributed by atoms with van der Waals surface area (Å²) in [5.41, 5.74) is 3.74. The first-order valence-electron chi connectivity index (χ1n) is 12.5. The van der Waals surface area contributed by atoms with Crippen molar-refractivity contribution in [2.75, 3.05) is 46.2 Å². The standard InChI is InChI=1S/C27H35N3O5S/c1-4-36(32,33)30-18-27(10-12-29(13-11-27)16-19-6-5-7-20(14-19)34-2)25-22-9-8-21(35-3)15-23(22)28-26(25)24(30)17-31/h5-9,14-15,24,28,31H,4,10-13,16-18H2,1-3H3/t24-/m0/s1. The van der Waals surface area contributed by atoms with Gasteiger partial charge in [-0.2, -0.15) is 4.31 Å². The van der Waals surface area contributed by atoms with Gasteiger partial charge in [-0.25, -0.2) is 8.42 Å². The number of sulfonamides is 1. The molecule has 1 spiro atoms. The lowest BCUT2D eigenvalue weighted by molar-refractivity contribution is 0.0933. The Kier molecular flexibility index (Phi) is 6.76. The van der Waals surface area contributed by atoms with Crippen LogP contribution in [0.4, 0.5) is 0 Å². The van der Waals surface area contributed by atoms with Crippen molar-refractivity contribution in [3.63, 3.8) is 0 Å². The molecule has 3 aromatic rings. The zero-order valence-corrected chi connectivity index (χ0v) is 22.0. The molecule has 0 unspecified atom stereocenters. The maximum atomic E-state index is 13.2. The van der Waals surface area contributed by atoms with Crippen LogP contribution in [0, 0.1) is 0 Å². The van der Waals surface area contributed by atoms with E-state index in [4.69, 9.17) is 9.47 Å². The summed E-state index contributed by atoms with van der Waals surface area (Å²) in [6, 6.07) is 13.5. The average molecular weight is 514 g/mol. The van der Waals surface area contributed by atoms with Crippen LogP contribution >= 0.6 is 0 Å². The van der Waals surface area contributed by atoms with Gasteiger partial charge in [-0.3, -0.25) is 4.90 Å². The highest BCUT2D eigenvalue weighted by molar-refractivity contribution is 7.89. The van der Waals surface area contributed by atoms with E-state index in [1.54, 1.807) is 25.4 Å². The van der Waals surface area contributed by atoms with E-state index in [0.29, 0.717) is 6.54 Å². The summed E-state index contributed by atoms with van der Waals surface area (Å²) < 4.78 is 38.8. The number of likely N-dealkylation sites (tertiary alicyclic amines) is 1. The first kappa shape index (κ1) is 25.1. The third kappa shape index (κ3) is 4.28. The van der Waals surface area contributed by atoms with Crippen LogP contribution in [0.1, 0.15) is 42.6 Å². The minimum Gasteiger partial charge on any atom is -0.497 e. The topological polar surface area (TPSA) is 95.1 Å². The maximum absolute atomic E-state index is 13.2. The fourth-order valence-corrected chi connectivity index (χ4v) is 7.33. The molecular formula is C27H35N3O5S. The van der Waals surface area contributed by atoms with E-state index in [-0.39, 0.29) is 17.8 Å². The summed E-state index contributed by atoms with van der Waals surface area (Å²) in [5, 5.41) is 11.4. The largest absolute Gasteiger partial charge is 0.497 e. The number of piperidine rings is 1. The summed E-state index contributed by atoms with van der Waals surface area (Å²) in [5.74, 6) is 1.59. The lowest BCUT2D eigenvalue weighted by Gasteiger charge is -2.49. The molecule has 9 heteroatoms. The lowest BCUT2D eigenvalue weighted by atomic mass is 9.69. The Balaban J connectivity index is 1.53. The number of aliphatic hydroxyl groups is 1. The van der Waals surface area contributed by atoms with Gasteiger partial charge in [0.15, 0.2) is 0 Å². The van der Waals surface area contributed by atoms with Crippen molar-refractivity contribution in [2.24, 2.45) is 0 Å². The Morgan fingerprint density at radius 2 is 1.81 bits per heavy atom. The van der Waals surface area contributed by atoms with E-state index in [1.807, 2.05) is 24.3 Å². The van der Waals surface area contributed by atoms with Crippen LogP contribution in [0.3, 0.4) is 0 Å². The van der Waals surface area contributed by atoms with Crippen LogP contribution in [0.15, 0.2) is 42.5 Å². The number of hydrogen-bond acceptors (Lipinski definition) is 6. The second kappa shape index (κ2) is 9.70. The third-order valence-electron chi connectivity index (χ3n) is 7.95. The number of aromatic nitrogens is 1. The van der Waals surface area contributed by atoms with Crippen molar-refractivity contribution in [1.82, 2.24) is 14.2 Å². The van der Waals surface area contributed by atoms with Crippen LogP contribution in [0.5, 0.6) is 11.5 Å². The summed E-state index contributed by atoms with van der Waals surface area (Å²) in [7, 11) is -0.207. The Bertz CT molecular complexity index is 1340. The molecule has 1 fully saturated rings. The molecule has 3 heterocycles. The van der Waals surface area contributed by atoms with Gasteiger partial charge in [0, 0.05) is 41.2 Å². The first-order valence-corrected chi connectivity index (χ1v) is 14.1. The van der Waals surface area contributed by atoms with Gasteiger partial charge >= 0.3 is 0 Å². The van der Waals surface area contributed by atoms with Crippen LogP contribution in [0.2, 0.25) is 0 Å². The fraction of sp³-hybridized carbons (Fsp3) is 0.481. The summed E-state index contributed by atoms with van der Waals surface area (Å²) >= 11 is 0. The molecule has 2 aliphatic heterocycles. The molecule has 0 amide bonds. The number of rotatable bonds is 7. The van der Waals surface area contributed by atoms with Gasteiger partial charge in [0.05, 0.1) is 32.6 Å². The molecule has 0 saturated carbocycles. The van der Waals surface area contributed by atoms with Gasteiger partial charge in [0.25, 0.3) is 0 Å². The Hall–Kier alpha value is -2.59. The van der Waals surface area contributed by atoms with Crippen molar-refractivity contribution in [2.45, 2.75) is 37.8 Å². The normalized spacial score (nSPS) is 20.5. The second-order valence-electron chi connectivity index (χ2n) is 9.88. The van der Waals surface area contributed by atoms with Crippen molar-refractivity contribution in [1.29, 1.82) is 0 Å². The average Bonchev–Trinajstić information content (AvgIpc) is 3.29. The molecule has 1 aromatic heterocycles. The van der Waals surface area contributed by atoms with Gasteiger partial charge in [0.2, 0.25) is 10.0 Å². The smallest absolute Gasteiger partial charge is 0.214 e. The zero-order valence-electron chi connectivity index (χ0n) is 21.2. The van der Waals surface area contributed by atoms with Gasteiger partial charge in [-0.05, 0) is 68.2 Å². The van der Waals surface area contributed by atoms with E-state index in [0.717, 1.165) is 66.1 Å². The highest BCUT2D eigenvalue weighted by atomic mass is 32.2. The molecule has 1 saturated heterocycles. The highest BCUT2D eigenvalue weighted by Crippen LogP contribution is 2.50. The van der Waals surface area contributed by atoms with Crippen molar-refractivity contribution in [3.05, 3.63) is 59.3 Å². The minimum atomic E-state index is -3.52. The van der Waals surface area contributed by atoms with Gasteiger partial charge in [-0.15, -0.1) is 0 Å². The Morgan fingerprint density at radius 3 is 2.47 bits per heavy atom. The Morgan fingerprint density at radius 1 is 1.08 bits per heavy atom. The zero-order chi connectivity index (χ0) is 25.5. The van der Waals surface area contributed by atoms with Crippen LogP contribution < -0.4 is 9.47 Å². The van der Waals surface area contributed by atoms with Gasteiger partial charge in [0.1, 0.15) is 11.5 Å². The third-order valence-corrected chi connectivity index (χ3v) is 9.78. The number of ether oxygens (including phenoxy) is 2. The van der Waals surface area contributed by atoms with E-state index < -0.39 is 16.1 Å². The lowest BCUT2D eigenvalue weighted by Crippen LogP contribution is -2.55. The molecule has 0 bridgehead atoms. The van der Waals surface area contributed by atoms with E-state index in [9.17, 15) is 13.5 Å². The second-order valence-corrected chi connectivity index (χ2v) is 12.1. The number of aromatic amines is 1. The number of benzene rings is 2. The number of nitrogens with zero attached hydrogens (tertiary/aromatic N) is 2. The predicted octanol–water partition coefficient (Wildman–Crippen LogP) is 3.42. The molecule has 5 rings (SSSR count). The van der Waals surface area contributed by atoms with Crippen LogP contribution in [0.25, 0.3) is 10.9 Å². The monoisotopic (exact) mass is 513 g/mol. The molecule has 0 aliphatic carbocycles. The molecule has 2 aromatic carbocycles. The number of aliphatic hydroxyl groups excluding tert-OH is 1. The van der Waals surface area contributed by atoms with E-state index >= 15 is 0 Å². The molecular weight excluding hydrogens is 478 g/mol. The fourth-order valence-electron chi connectivity index (χ4n) is 5.99. The van der Waals surface area contributed by atoms with Crippen molar-refractivity contribution >= 4 is 20.9 Å². The number of fused-ring (bicyclic) bond motifs is 4. The van der Waals surface area contributed by atoms with Gasteiger partial charge in [-0.1, -0.05) is 12.1 Å². The highest BCUT2D eigenvalue weighted by Gasteiger charge is 2.50. The first-order chi connectivity index (χ1) is 17.3. The summed E-state index contributed by atoms with van der Waals surface area (Å²) in [4.78, 5) is 5.90. The molecule has 2 N–H and O–H groups in total. The van der Waals surface area contributed by atoms with E-state index in [1.165, 1.54) is 5.56 Å². The maximum Gasteiger partial charge on any atom is 0.214 e. The minimum absolute atomic E-state index is 0.00489. The molecule has 1 atom stereocenters. The quantitative estimate of drug-likeness (QED) is 0.503. The predicted molar refractivity (Wildman–Crippen MR) is 140 cm³/mol. The van der Waals surface area contributed by atoms with E-state index in [2.05, 4.69) is 28.1 Å². The summed E-state index contributed by atoms with van der Waals surface area (Å²) in [6.45, 7) is 4.30. The van der Waals surface area contributed by atoms with Crippen molar-refractivity contribution < 1.29 is 23.0 Å². The Labute approximate surface area is 212 Å². The number of H-pyrrole nitrogens is 1. The summed E-state index contributed by atoms with van der Waals surface area (Å²) in [6.07, 6.45) is 1.66. The molecule has 36 heavy (non-hydrogen) atoms. The molecule has 194 valence electrons. The van der Waals surface area contributed by atoms with Crippen LogP contribution in [-0.2, 0) is 22.0 Å². The molecule has 2 aliphatic rings. The number of nitrogens with one attached hydrogen (secondary N) is 1. The van der Waals surface area contributed by atoms with Crippen molar-refractivity contribution in [3.8, 4) is 11.5 Å². The number of hydrogen-bond donors (Lipinski definition) is 2. The van der Waals surface area contributed by atoms with Crippen LogP contribution in [-0.4, -0.2) is 73.9 Å². The van der Waals surface area contributed by atoms with Gasteiger partial charge < -0.3 is 19.6 Å². The number of methoxy groups -OCH3 is 2. The molecule has 8 nitrogen and oxygen atoms in total. The molecule has 0 radical (unpaired) electrons. The SMILES string of the molecule is CCS(=O)(=O)N1CC2(CCN(Cc3cccc(OC)c3)CC2)c2c([nH]c3cc(OC)ccc23)[C@@H]1CO.